The molecule has 1 aromatic carbocycles. The molecule has 0 bridgehead atoms. The van der Waals surface area contributed by atoms with E-state index in [-0.39, 0.29) is 16.5 Å². The van der Waals surface area contributed by atoms with Gasteiger partial charge in [-0.3, -0.25) is 0 Å². The van der Waals surface area contributed by atoms with E-state index in [4.69, 9.17) is 9.47 Å². The van der Waals surface area contributed by atoms with Gasteiger partial charge in [-0.15, -0.1) is 4.05 Å². The van der Waals surface area contributed by atoms with Crippen LogP contribution in [0.15, 0.2) is 30.3 Å². The van der Waals surface area contributed by atoms with E-state index < -0.39 is 0 Å². The van der Waals surface area contributed by atoms with Crippen LogP contribution in [0.4, 0.5) is 0 Å². The third kappa shape index (κ3) is 9.55. The van der Waals surface area contributed by atoms with Crippen molar-refractivity contribution >= 4 is 35.3 Å². The molecule has 2 atom stereocenters. The lowest BCUT2D eigenvalue weighted by Crippen LogP contribution is -2.05. The average molecular weight is 401 g/mol. The van der Waals surface area contributed by atoms with Crippen molar-refractivity contribution in [3.8, 4) is 0 Å². The van der Waals surface area contributed by atoms with Crippen LogP contribution in [-0.4, -0.2) is 29.9 Å². The second kappa shape index (κ2) is 12.2. The lowest BCUT2D eigenvalue weighted by molar-refractivity contribution is -0.0628. The average Bonchev–Trinajstić information content (AvgIpc) is 2.47. The van der Waals surface area contributed by atoms with Gasteiger partial charge in [0.15, 0.2) is 0 Å². The fourth-order valence-corrected chi connectivity index (χ4v) is 4.03. The molecule has 0 saturated heterocycles. The zero-order valence-corrected chi connectivity index (χ0v) is 16.3. The maximum atomic E-state index is 5.52. The minimum Gasteiger partial charge on any atom is -0.355 e. The van der Waals surface area contributed by atoms with Gasteiger partial charge in [-0.1, -0.05) is 50.6 Å². The van der Waals surface area contributed by atoms with Crippen LogP contribution in [0.25, 0.3) is 0 Å². The summed E-state index contributed by atoms with van der Waals surface area (Å²) < 4.78 is 12.0. The highest BCUT2D eigenvalue weighted by atomic mass is 127. The van der Waals surface area contributed by atoms with Crippen LogP contribution < -0.4 is 0 Å². The molecule has 4 heteroatoms. The minimum absolute atomic E-state index is 0.149. The summed E-state index contributed by atoms with van der Waals surface area (Å²) in [4.78, 5) is 0. The van der Waals surface area contributed by atoms with Gasteiger partial charge in [0, 0.05) is 6.61 Å². The summed E-state index contributed by atoms with van der Waals surface area (Å²) in [5, 5.41) is 0. The molecule has 1 aromatic rings. The van der Waals surface area contributed by atoms with E-state index in [1.165, 1.54) is 18.4 Å². The highest BCUT2D eigenvalue weighted by Crippen LogP contribution is 2.21. The van der Waals surface area contributed by atoms with Crippen molar-refractivity contribution in [2.45, 2.75) is 43.8 Å². The molecule has 0 aliphatic rings. The van der Waals surface area contributed by atoms with Crippen LogP contribution in [0.5, 0.6) is 0 Å². The predicted molar refractivity (Wildman–Crippen MR) is 94.3 cm³/mol. The zero-order chi connectivity index (χ0) is 14.6. The summed E-state index contributed by atoms with van der Waals surface area (Å²) in [6.07, 6.45) is 3.80. The Kier molecular flexibility index (Phi) is 11.4. The number of halogens is 1. The molecular weight excluding hydrogens is 375 g/mol. The number of rotatable bonds is 11. The molecular formula is C16H25IMgO2. The van der Waals surface area contributed by atoms with E-state index in [1.54, 1.807) is 0 Å². The lowest BCUT2D eigenvalue weighted by atomic mass is 10.0. The van der Waals surface area contributed by atoms with Crippen molar-refractivity contribution in [3.05, 3.63) is 35.9 Å². The number of benzene rings is 1. The summed E-state index contributed by atoms with van der Waals surface area (Å²) in [6.45, 7) is 6.61. The predicted octanol–water partition coefficient (Wildman–Crippen LogP) is 4.85. The first-order chi connectivity index (χ1) is 9.72. The van der Waals surface area contributed by atoms with Crippen LogP contribution in [0, 0.1) is 5.92 Å². The quantitative estimate of drug-likeness (QED) is 0.229. The first-order valence-electron chi connectivity index (χ1n) is 7.47. The molecule has 0 N–H and O–H groups in total. The van der Waals surface area contributed by atoms with Crippen molar-refractivity contribution in [1.82, 2.24) is 0 Å². The van der Waals surface area contributed by atoms with E-state index >= 15 is 0 Å². The highest BCUT2D eigenvalue weighted by molar-refractivity contribution is 14.1. The van der Waals surface area contributed by atoms with Crippen molar-refractivity contribution in [3.63, 3.8) is 0 Å². The Morgan fingerprint density at radius 1 is 1.15 bits per heavy atom. The van der Waals surface area contributed by atoms with Gasteiger partial charge in [0.2, 0.25) is 0 Å². The highest BCUT2D eigenvalue weighted by Gasteiger charge is 2.09. The number of hydrogen-bond donors (Lipinski definition) is 0. The summed E-state index contributed by atoms with van der Waals surface area (Å²) >= 11 is 2.76. The monoisotopic (exact) mass is 400 g/mol. The molecule has 0 amide bonds. The molecule has 20 heavy (non-hydrogen) atoms. The van der Waals surface area contributed by atoms with Crippen LogP contribution >= 0.6 is 18.9 Å². The standard InChI is InChI=1S/C16H25O2.HI.Mg/c1-3-8-15(2)9-7-12-17-14-18-13-16-10-5-4-6-11-16;;/h3-6,10-11,15H,7-9,12-14H2,1-2H3;1H;/q;;+1/p-1. The summed E-state index contributed by atoms with van der Waals surface area (Å²) in [5.41, 5.74) is 1.20. The third-order valence-electron chi connectivity index (χ3n) is 3.33. The molecule has 0 radical (unpaired) electrons. The number of hydrogen-bond acceptors (Lipinski definition) is 2. The third-order valence-corrected chi connectivity index (χ3v) is 8.70. The maximum Gasteiger partial charge on any atom is 0.466 e. The normalized spacial score (nSPS) is 13.8. The van der Waals surface area contributed by atoms with Gasteiger partial charge in [-0.05, 0) is 24.3 Å². The summed E-state index contributed by atoms with van der Waals surface area (Å²) in [5.74, 6) is 0.834. The van der Waals surface area contributed by atoms with Crippen LogP contribution in [0.1, 0.15) is 38.7 Å². The second-order valence-electron chi connectivity index (χ2n) is 5.60. The maximum absolute atomic E-state index is 5.52. The van der Waals surface area contributed by atoms with Crippen LogP contribution in [0.3, 0.4) is 0 Å². The van der Waals surface area contributed by atoms with Crippen molar-refractivity contribution < 1.29 is 9.47 Å². The lowest BCUT2D eigenvalue weighted by Gasteiger charge is -2.15. The topological polar surface area (TPSA) is 18.5 Å². The van der Waals surface area contributed by atoms with Gasteiger partial charge in [0.05, 0.1) is 6.61 Å². The molecule has 1 rings (SSSR count). The molecule has 110 valence electrons. The molecule has 0 aliphatic carbocycles. The van der Waals surface area contributed by atoms with Gasteiger partial charge >= 0.3 is 16.5 Å². The van der Waals surface area contributed by atoms with Crippen LogP contribution in [0.2, 0.25) is 4.05 Å². The van der Waals surface area contributed by atoms with E-state index in [1.807, 2.05) is 18.2 Å². The SMILES string of the molecule is CC(CCCOCOCc1ccccc1)C[CH](C)[Mg][I]. The Labute approximate surface area is 143 Å². The Morgan fingerprint density at radius 2 is 1.90 bits per heavy atom. The first-order valence-corrected chi connectivity index (χ1v) is 13.4. The zero-order valence-electron chi connectivity index (χ0n) is 12.7. The molecule has 2 nitrogen and oxygen atoms in total. The van der Waals surface area contributed by atoms with Crippen molar-refractivity contribution in [2.24, 2.45) is 5.92 Å². The van der Waals surface area contributed by atoms with E-state index in [0.29, 0.717) is 13.4 Å². The van der Waals surface area contributed by atoms with Crippen molar-refractivity contribution in [2.75, 3.05) is 13.4 Å². The molecule has 2 unspecified atom stereocenters. The smallest absolute Gasteiger partial charge is 0.355 e. The van der Waals surface area contributed by atoms with Crippen LogP contribution in [-0.2, 0) is 16.1 Å². The molecule has 0 spiro atoms. The van der Waals surface area contributed by atoms with Gasteiger partial charge < -0.3 is 28.3 Å². The molecule has 0 aliphatic heterocycles. The van der Waals surface area contributed by atoms with Gasteiger partial charge in [0.1, 0.15) is 6.79 Å². The molecule has 0 aromatic heterocycles. The van der Waals surface area contributed by atoms with Gasteiger partial charge in [-0.25, -0.2) is 0 Å². The van der Waals surface area contributed by atoms with Gasteiger partial charge in [-0.2, -0.15) is 0 Å². The van der Waals surface area contributed by atoms with E-state index in [2.05, 4.69) is 44.8 Å². The molecule has 0 saturated carbocycles. The Hall–Kier alpha value is 0.636. The van der Waals surface area contributed by atoms with E-state index in [9.17, 15) is 0 Å². The first kappa shape index (κ1) is 18.7. The fraction of sp³-hybridized carbons (Fsp3) is 0.625. The molecule has 0 heterocycles. The molecule has 0 fully saturated rings. The van der Waals surface area contributed by atoms with Crippen molar-refractivity contribution in [1.29, 1.82) is 0 Å². The number of ether oxygens (including phenoxy) is 2. The summed E-state index contributed by atoms with van der Waals surface area (Å²) in [6, 6.07) is 10.2. The fourth-order valence-electron chi connectivity index (χ4n) is 2.25. The Bertz CT molecular complexity index is 335. The Balaban J connectivity index is 1.92. The summed E-state index contributed by atoms with van der Waals surface area (Å²) in [7, 11) is 0. The van der Waals surface area contributed by atoms with E-state index in [0.717, 1.165) is 23.0 Å². The minimum atomic E-state index is 0.149. The Morgan fingerprint density at radius 3 is 2.60 bits per heavy atom. The largest absolute Gasteiger partial charge is 0.466 e. The van der Waals surface area contributed by atoms with Gasteiger partial charge in [0.25, 0.3) is 0 Å². The second-order valence-corrected chi connectivity index (χ2v) is 9.95.